The molecule has 0 fully saturated rings. The third-order valence-electron chi connectivity index (χ3n) is 5.09. The fourth-order valence-corrected chi connectivity index (χ4v) is 4.21. The fraction of sp³-hybridized carbons (Fsp3) is 0. The molecule has 10 N–H and O–H groups in total. The Hall–Kier alpha value is -5.08. The van der Waals surface area contributed by atoms with E-state index >= 15 is 0 Å². The highest BCUT2D eigenvalue weighted by Gasteiger charge is 2.12. The summed E-state index contributed by atoms with van der Waals surface area (Å²) in [6.07, 6.45) is 0. The van der Waals surface area contributed by atoms with Crippen LogP contribution in [0, 0.1) is 0 Å². The molecule has 0 heterocycles. The molecule has 0 saturated carbocycles. The van der Waals surface area contributed by atoms with Crippen molar-refractivity contribution in [2.24, 2.45) is 0 Å². The summed E-state index contributed by atoms with van der Waals surface area (Å²) < 4.78 is 1.59. The Morgan fingerprint density at radius 3 is 1.29 bits per heavy atom. The van der Waals surface area contributed by atoms with E-state index in [1.807, 2.05) is 12.1 Å². The van der Waals surface area contributed by atoms with Crippen molar-refractivity contribution < 1.29 is 29.4 Å². The van der Waals surface area contributed by atoms with Crippen molar-refractivity contribution in [2.45, 2.75) is 0 Å². The summed E-state index contributed by atoms with van der Waals surface area (Å²) in [6.45, 7) is 0. The molecule has 4 aromatic rings. The van der Waals surface area contributed by atoms with Crippen molar-refractivity contribution >= 4 is 90.0 Å². The number of carbonyl (C=O) groups excluding carboxylic acids is 2. The number of aromatic carboxylic acids is 2. The molecule has 0 bridgehead atoms. The lowest BCUT2D eigenvalue weighted by Gasteiger charge is -2.12. The van der Waals surface area contributed by atoms with Crippen LogP contribution in [-0.4, -0.2) is 34.2 Å². The number of nitrogen functional groups attached to an aromatic ring is 2. The predicted octanol–water partition coefficient (Wildman–Crippen LogP) is 6.75. The van der Waals surface area contributed by atoms with Crippen LogP contribution in [0.25, 0.3) is 0 Å². The number of rotatable bonds is 6. The number of nitrogens with two attached hydrogens (primary N) is 2. The van der Waals surface area contributed by atoms with E-state index in [9.17, 15) is 24.3 Å². The first-order valence-electron chi connectivity index (χ1n) is 11.8. The van der Waals surface area contributed by atoms with Gasteiger partial charge in [-0.1, -0.05) is 44.0 Å². The number of hydrogen-bond donors (Lipinski definition) is 8. The Balaban J connectivity index is 0.000000369. The van der Waals surface area contributed by atoms with Crippen LogP contribution in [0.4, 0.5) is 43.7 Å². The van der Waals surface area contributed by atoms with E-state index < -0.39 is 24.0 Å². The maximum absolute atomic E-state index is 12.3. The number of carbonyl (C=O) groups is 4. The molecule has 0 aliphatic carbocycles. The van der Waals surface area contributed by atoms with Gasteiger partial charge >= 0.3 is 24.0 Å². The van der Waals surface area contributed by atoms with Gasteiger partial charge in [-0.2, -0.15) is 0 Å². The zero-order valence-corrected chi connectivity index (χ0v) is 24.7. The lowest BCUT2D eigenvalue weighted by molar-refractivity contribution is 0.0686. The van der Waals surface area contributed by atoms with Gasteiger partial charge in [-0.25, -0.2) is 19.2 Å². The first kappa shape index (κ1) is 31.4. The summed E-state index contributed by atoms with van der Waals surface area (Å²) >= 11 is 6.64. The smallest absolute Gasteiger partial charge is 0.335 e. The molecule has 0 saturated heterocycles. The number of anilines is 6. The van der Waals surface area contributed by atoms with E-state index in [1.165, 1.54) is 36.4 Å². The van der Waals surface area contributed by atoms with Crippen LogP contribution in [-0.2, 0) is 0 Å². The van der Waals surface area contributed by atoms with Crippen LogP contribution in [0.1, 0.15) is 20.7 Å². The molecule has 0 unspecified atom stereocenters. The van der Waals surface area contributed by atoms with Gasteiger partial charge in [-0.05, 0) is 72.8 Å². The molecule has 0 aliphatic rings. The van der Waals surface area contributed by atoms with E-state index in [-0.39, 0.29) is 22.5 Å². The third-order valence-corrected chi connectivity index (χ3v) is 6.07. The average molecular weight is 700 g/mol. The van der Waals surface area contributed by atoms with Gasteiger partial charge in [0.1, 0.15) is 0 Å². The maximum Gasteiger partial charge on any atom is 0.335 e. The maximum atomic E-state index is 12.3. The second-order valence-electron chi connectivity index (χ2n) is 8.48. The molecular formula is C28H24Br2N6O6. The minimum Gasteiger partial charge on any atom is -0.478 e. The molecule has 14 heteroatoms. The van der Waals surface area contributed by atoms with Gasteiger partial charge in [-0.15, -0.1) is 0 Å². The Labute approximate surface area is 256 Å². The summed E-state index contributed by atoms with van der Waals surface area (Å²) in [5.41, 5.74) is 12.9. The van der Waals surface area contributed by atoms with Crippen LogP contribution in [0.5, 0.6) is 0 Å². The van der Waals surface area contributed by atoms with E-state index in [1.54, 1.807) is 36.4 Å². The van der Waals surface area contributed by atoms with E-state index in [2.05, 4.69) is 53.1 Å². The average Bonchev–Trinajstić information content (AvgIpc) is 2.88. The topological polar surface area (TPSA) is 209 Å². The number of benzene rings is 4. The number of halogens is 2. The Morgan fingerprint density at radius 2 is 0.905 bits per heavy atom. The van der Waals surface area contributed by atoms with Crippen LogP contribution >= 0.6 is 31.9 Å². The highest BCUT2D eigenvalue weighted by molar-refractivity contribution is 9.10. The number of nitrogens with one attached hydrogen (secondary N) is 4. The SMILES string of the molecule is Nc1cc(N)cc(C(=O)O)c1.O=C(Nc1cccc(Br)c1)Nc1cc(NC(=O)Nc2cccc(Br)c2)cc(C(=O)O)c1. The molecule has 12 nitrogen and oxygen atoms in total. The van der Waals surface area contributed by atoms with Crippen molar-refractivity contribution in [2.75, 3.05) is 32.7 Å². The first-order valence-corrected chi connectivity index (χ1v) is 13.4. The molecule has 42 heavy (non-hydrogen) atoms. The Kier molecular flexibility index (Phi) is 10.9. The molecule has 4 aromatic carbocycles. The molecule has 4 rings (SSSR count). The number of hydrogen-bond acceptors (Lipinski definition) is 6. The number of carboxylic acid groups (broad SMARTS) is 2. The highest BCUT2D eigenvalue weighted by Crippen LogP contribution is 2.22. The predicted molar refractivity (Wildman–Crippen MR) is 169 cm³/mol. The Bertz CT molecular complexity index is 1550. The van der Waals surface area contributed by atoms with Crippen LogP contribution in [0.2, 0.25) is 0 Å². The van der Waals surface area contributed by atoms with Crippen LogP contribution < -0.4 is 32.7 Å². The summed E-state index contributed by atoms with van der Waals surface area (Å²) in [6, 6.07) is 21.1. The van der Waals surface area contributed by atoms with Crippen molar-refractivity contribution in [3.05, 3.63) is 105 Å². The Morgan fingerprint density at radius 1 is 0.524 bits per heavy atom. The van der Waals surface area contributed by atoms with Gasteiger partial charge in [0, 0.05) is 43.1 Å². The van der Waals surface area contributed by atoms with E-state index in [0.29, 0.717) is 22.7 Å². The van der Waals surface area contributed by atoms with Crippen molar-refractivity contribution in [3.8, 4) is 0 Å². The summed E-state index contributed by atoms with van der Waals surface area (Å²) in [5, 5.41) is 28.3. The zero-order valence-electron chi connectivity index (χ0n) is 21.5. The second-order valence-corrected chi connectivity index (χ2v) is 10.3. The fourth-order valence-electron chi connectivity index (χ4n) is 3.41. The molecule has 0 radical (unpaired) electrons. The van der Waals surface area contributed by atoms with Gasteiger partial charge in [0.25, 0.3) is 0 Å². The molecule has 0 spiro atoms. The normalized spacial score (nSPS) is 9.95. The summed E-state index contributed by atoms with van der Waals surface area (Å²) in [5.74, 6) is -2.23. The third kappa shape index (κ3) is 10.1. The van der Waals surface area contributed by atoms with Crippen LogP contribution in [0.3, 0.4) is 0 Å². The molecule has 0 atom stereocenters. The van der Waals surface area contributed by atoms with E-state index in [0.717, 1.165) is 8.95 Å². The summed E-state index contributed by atoms with van der Waals surface area (Å²) in [7, 11) is 0. The second kappa shape index (κ2) is 14.5. The molecule has 4 amide bonds. The van der Waals surface area contributed by atoms with Crippen molar-refractivity contribution in [1.82, 2.24) is 0 Å². The molecule has 216 valence electrons. The monoisotopic (exact) mass is 698 g/mol. The van der Waals surface area contributed by atoms with Crippen molar-refractivity contribution in [1.29, 1.82) is 0 Å². The van der Waals surface area contributed by atoms with Gasteiger partial charge in [-0.3, -0.25) is 0 Å². The van der Waals surface area contributed by atoms with Gasteiger partial charge in [0.05, 0.1) is 11.1 Å². The quantitative estimate of drug-likeness (QED) is 0.101. The van der Waals surface area contributed by atoms with Gasteiger partial charge in [0.2, 0.25) is 0 Å². The largest absolute Gasteiger partial charge is 0.478 e. The van der Waals surface area contributed by atoms with Crippen molar-refractivity contribution in [3.63, 3.8) is 0 Å². The minimum absolute atomic E-state index is 0.0991. The van der Waals surface area contributed by atoms with Gasteiger partial charge in [0.15, 0.2) is 0 Å². The highest BCUT2D eigenvalue weighted by atomic mass is 79.9. The van der Waals surface area contributed by atoms with Crippen LogP contribution in [0.15, 0.2) is 93.9 Å². The molecule has 0 aliphatic heterocycles. The number of amides is 4. The standard InChI is InChI=1S/C21H16Br2N4O4.C7H8N2O2/c22-13-3-1-5-15(9-13)24-20(30)26-17-7-12(19(28)29)8-18(11-17)27-21(31)25-16-6-2-4-14(23)10-16;8-5-1-4(7(10)11)2-6(9)3-5/h1-11H,(H,28,29)(H2,24,26,30)(H2,25,27,31);1-3H,8-9H2,(H,10,11). The lowest BCUT2D eigenvalue weighted by Crippen LogP contribution is -2.21. The summed E-state index contributed by atoms with van der Waals surface area (Å²) in [4.78, 5) is 46.4. The minimum atomic E-state index is -1.20. The zero-order chi connectivity index (χ0) is 30.8. The molecular weight excluding hydrogens is 676 g/mol. The number of urea groups is 2. The number of carboxylic acids is 2. The first-order chi connectivity index (χ1) is 19.9. The van der Waals surface area contributed by atoms with E-state index in [4.69, 9.17) is 16.6 Å². The van der Waals surface area contributed by atoms with Gasteiger partial charge < -0.3 is 42.9 Å². The lowest BCUT2D eigenvalue weighted by atomic mass is 10.1. The molecule has 0 aromatic heterocycles.